The highest BCUT2D eigenvalue weighted by Crippen LogP contribution is 2.14. The Morgan fingerprint density at radius 1 is 1.09 bits per heavy atom. The molecular weight excluding hydrogens is 316 g/mol. The van der Waals surface area contributed by atoms with E-state index in [4.69, 9.17) is 0 Å². The predicted molar refractivity (Wildman–Crippen MR) is 85.3 cm³/mol. The Balaban J connectivity index is 2.04. The summed E-state index contributed by atoms with van der Waals surface area (Å²) in [5, 5.41) is 10.6. The third kappa shape index (κ3) is 4.11. The van der Waals surface area contributed by atoms with Gasteiger partial charge < -0.3 is 5.32 Å². The van der Waals surface area contributed by atoms with Crippen LogP contribution < -0.4 is 5.32 Å². The highest BCUT2D eigenvalue weighted by atomic mass is 32.2. The molecule has 0 spiro atoms. The Morgan fingerprint density at radius 2 is 1.74 bits per heavy atom. The molecule has 1 aromatic heterocycles. The van der Waals surface area contributed by atoms with E-state index in [2.05, 4.69) is 15.5 Å². The van der Waals surface area contributed by atoms with Gasteiger partial charge in [0, 0.05) is 19.7 Å². The minimum absolute atomic E-state index is 0.142. The van der Waals surface area contributed by atoms with Crippen LogP contribution in [0.4, 0.5) is 0 Å². The van der Waals surface area contributed by atoms with Gasteiger partial charge in [-0.25, -0.2) is 12.7 Å². The van der Waals surface area contributed by atoms with Crippen molar-refractivity contribution in [1.29, 1.82) is 0 Å². The summed E-state index contributed by atoms with van der Waals surface area (Å²) in [5.74, 6) is -0.304. The first-order chi connectivity index (χ1) is 10.8. The van der Waals surface area contributed by atoms with Gasteiger partial charge in [-0.15, -0.1) is 0 Å². The number of benzene rings is 1. The largest absolute Gasteiger partial charge is 0.346 e. The zero-order chi connectivity index (χ0) is 17.0. The van der Waals surface area contributed by atoms with Crippen LogP contribution in [0.15, 0.2) is 41.3 Å². The van der Waals surface area contributed by atoms with E-state index in [1.165, 1.54) is 38.4 Å². The van der Waals surface area contributed by atoms with Crippen molar-refractivity contribution in [2.24, 2.45) is 0 Å². The normalized spacial score (nSPS) is 11.5. The number of aryl methyl sites for hydroxylation is 1. The maximum atomic E-state index is 12.1. The maximum absolute atomic E-state index is 12.1. The quantitative estimate of drug-likeness (QED) is 0.879. The summed E-state index contributed by atoms with van der Waals surface area (Å²) < 4.78 is 25.0. The second-order valence-electron chi connectivity index (χ2n) is 5.16. The van der Waals surface area contributed by atoms with Crippen molar-refractivity contribution in [1.82, 2.24) is 19.8 Å². The summed E-state index contributed by atoms with van der Waals surface area (Å²) in [6.07, 6.45) is 0. The van der Waals surface area contributed by atoms with Crippen LogP contribution in [0.1, 0.15) is 21.7 Å². The molecule has 1 N–H and O–H groups in total. The molecule has 1 aromatic carbocycles. The summed E-state index contributed by atoms with van der Waals surface area (Å²) in [7, 11) is -0.582. The molecule has 0 aliphatic heterocycles. The molecule has 2 aromatic rings. The number of sulfonamides is 1. The van der Waals surface area contributed by atoms with Gasteiger partial charge >= 0.3 is 0 Å². The molecule has 7 nitrogen and oxygen atoms in total. The number of amides is 1. The molecule has 0 bridgehead atoms. The molecule has 0 saturated carbocycles. The predicted octanol–water partition coefficient (Wildman–Crippen LogP) is 0.965. The van der Waals surface area contributed by atoms with Crippen molar-refractivity contribution in [2.45, 2.75) is 18.4 Å². The van der Waals surface area contributed by atoms with Crippen LogP contribution >= 0.6 is 0 Å². The number of aromatic nitrogens is 2. The van der Waals surface area contributed by atoms with E-state index >= 15 is 0 Å². The Hall–Kier alpha value is -2.32. The number of nitrogens with one attached hydrogen (secondary N) is 1. The van der Waals surface area contributed by atoms with Gasteiger partial charge in [-0.1, -0.05) is 0 Å². The average molecular weight is 334 g/mol. The third-order valence-corrected chi connectivity index (χ3v) is 5.01. The molecule has 122 valence electrons. The Kier molecular flexibility index (Phi) is 5.07. The lowest BCUT2D eigenvalue weighted by molar-refractivity contribution is 0.0950. The molecule has 0 aliphatic rings. The van der Waals surface area contributed by atoms with Gasteiger partial charge in [0.15, 0.2) is 0 Å². The standard InChI is InChI=1S/C15H18N4O3S/c1-11-4-7-13(18-17-11)10-16-15(20)12-5-8-14(9-6-12)23(21,22)19(2)3/h4-9H,10H2,1-3H3,(H,16,20). The third-order valence-electron chi connectivity index (χ3n) is 3.18. The zero-order valence-corrected chi connectivity index (χ0v) is 14.0. The topological polar surface area (TPSA) is 92.3 Å². The van der Waals surface area contributed by atoms with Gasteiger partial charge in [0.05, 0.1) is 22.8 Å². The number of carbonyl (C=O) groups excluding carboxylic acids is 1. The minimum Gasteiger partial charge on any atom is -0.346 e. The number of carbonyl (C=O) groups is 1. The van der Waals surface area contributed by atoms with E-state index in [0.29, 0.717) is 11.3 Å². The first-order valence-corrected chi connectivity index (χ1v) is 8.35. The van der Waals surface area contributed by atoms with Crippen molar-refractivity contribution in [3.8, 4) is 0 Å². The molecule has 2 rings (SSSR count). The molecule has 1 heterocycles. The van der Waals surface area contributed by atoms with Crippen molar-refractivity contribution >= 4 is 15.9 Å². The molecule has 0 saturated heterocycles. The van der Waals surface area contributed by atoms with Gasteiger partial charge in [0.1, 0.15) is 0 Å². The van der Waals surface area contributed by atoms with Gasteiger partial charge in [0.2, 0.25) is 10.0 Å². The molecule has 0 fully saturated rings. The lowest BCUT2D eigenvalue weighted by atomic mass is 10.2. The first-order valence-electron chi connectivity index (χ1n) is 6.90. The average Bonchev–Trinajstić information content (AvgIpc) is 2.54. The van der Waals surface area contributed by atoms with Crippen molar-refractivity contribution in [3.63, 3.8) is 0 Å². The van der Waals surface area contributed by atoms with E-state index in [9.17, 15) is 13.2 Å². The van der Waals surface area contributed by atoms with E-state index in [1.807, 2.05) is 13.0 Å². The summed E-state index contributed by atoms with van der Waals surface area (Å²) in [5.41, 5.74) is 1.83. The summed E-state index contributed by atoms with van der Waals surface area (Å²) in [6, 6.07) is 9.38. The molecule has 0 radical (unpaired) electrons. The molecule has 0 unspecified atom stereocenters. The van der Waals surface area contributed by atoms with Crippen LogP contribution in [0.25, 0.3) is 0 Å². The maximum Gasteiger partial charge on any atom is 0.251 e. The first kappa shape index (κ1) is 17.0. The van der Waals surface area contributed by atoms with Crippen LogP contribution in [0.2, 0.25) is 0 Å². The highest BCUT2D eigenvalue weighted by molar-refractivity contribution is 7.89. The van der Waals surface area contributed by atoms with Crippen molar-refractivity contribution in [3.05, 3.63) is 53.3 Å². The number of rotatable bonds is 5. The fraction of sp³-hybridized carbons (Fsp3) is 0.267. The molecular formula is C15H18N4O3S. The molecule has 8 heteroatoms. The lowest BCUT2D eigenvalue weighted by Gasteiger charge is -2.11. The van der Waals surface area contributed by atoms with Crippen LogP contribution in [0.5, 0.6) is 0 Å². The monoisotopic (exact) mass is 334 g/mol. The molecule has 23 heavy (non-hydrogen) atoms. The van der Waals surface area contributed by atoms with Gasteiger partial charge in [-0.2, -0.15) is 10.2 Å². The van der Waals surface area contributed by atoms with Gasteiger partial charge in [-0.05, 0) is 43.3 Å². The molecule has 1 amide bonds. The Bertz CT molecular complexity index is 784. The fourth-order valence-corrected chi connectivity index (χ4v) is 2.68. The minimum atomic E-state index is -3.50. The van der Waals surface area contributed by atoms with Crippen LogP contribution in [-0.4, -0.2) is 42.9 Å². The van der Waals surface area contributed by atoms with Crippen LogP contribution in [0.3, 0.4) is 0 Å². The van der Waals surface area contributed by atoms with Gasteiger partial charge in [0.25, 0.3) is 5.91 Å². The Labute approximate surface area is 135 Å². The van der Waals surface area contributed by atoms with Crippen molar-refractivity contribution < 1.29 is 13.2 Å². The van der Waals surface area contributed by atoms with Crippen LogP contribution in [0, 0.1) is 6.92 Å². The fourth-order valence-electron chi connectivity index (χ4n) is 1.78. The van der Waals surface area contributed by atoms with Crippen LogP contribution in [-0.2, 0) is 16.6 Å². The second-order valence-corrected chi connectivity index (χ2v) is 7.31. The Morgan fingerprint density at radius 3 is 2.26 bits per heavy atom. The summed E-state index contributed by atoms with van der Waals surface area (Å²) in [6.45, 7) is 2.09. The smallest absolute Gasteiger partial charge is 0.251 e. The molecule has 0 atom stereocenters. The summed E-state index contributed by atoms with van der Waals surface area (Å²) >= 11 is 0. The zero-order valence-electron chi connectivity index (χ0n) is 13.1. The van der Waals surface area contributed by atoms with Crippen molar-refractivity contribution in [2.75, 3.05) is 14.1 Å². The number of hydrogen-bond acceptors (Lipinski definition) is 5. The van der Waals surface area contributed by atoms with E-state index in [-0.39, 0.29) is 17.3 Å². The van der Waals surface area contributed by atoms with Gasteiger partial charge in [-0.3, -0.25) is 4.79 Å². The van der Waals surface area contributed by atoms with E-state index in [1.54, 1.807) is 6.07 Å². The summed E-state index contributed by atoms with van der Waals surface area (Å²) in [4.78, 5) is 12.2. The molecule has 0 aliphatic carbocycles. The van der Waals surface area contributed by atoms with E-state index < -0.39 is 10.0 Å². The number of hydrogen-bond donors (Lipinski definition) is 1. The number of nitrogens with zero attached hydrogens (tertiary/aromatic N) is 3. The SMILES string of the molecule is Cc1ccc(CNC(=O)c2ccc(S(=O)(=O)N(C)C)cc2)nn1. The highest BCUT2D eigenvalue weighted by Gasteiger charge is 2.17. The van der Waals surface area contributed by atoms with E-state index in [0.717, 1.165) is 10.00 Å². The second kappa shape index (κ2) is 6.84. The lowest BCUT2D eigenvalue weighted by Crippen LogP contribution is -2.24.